The molecule has 0 aliphatic heterocycles. The highest BCUT2D eigenvalue weighted by Crippen LogP contribution is 2.53. The summed E-state index contributed by atoms with van der Waals surface area (Å²) in [4.78, 5) is 4.95. The Bertz CT molecular complexity index is 3970. The molecule has 0 saturated heterocycles. The van der Waals surface area contributed by atoms with Crippen LogP contribution in [0.2, 0.25) is 0 Å². The smallest absolute Gasteiger partial charge is 0.159 e. The standard InChI is InChI=1S/C68H54N2O2S/c1-3-17-43(18-4-1)45-33-37-47(38-34-45)69(59-29-15-27-53-51-23-11-13-31-63(51)71-65(53)59)61-41-57-58-42-62(50-22-8-10-26-56(50)68(58)73-67(57)55-25-9-7-21-49(55)61)70(48-39-35-46(36-40-48)44-19-5-2-6-20-44)60-30-16-28-54-52-24-12-14-32-64(52)72-66(54)60/h7-16,21-44H,1-6,17-20H2. The van der Waals surface area contributed by atoms with Crippen molar-refractivity contribution in [3.05, 3.63) is 205 Å². The molecule has 0 bridgehead atoms. The van der Waals surface area contributed by atoms with Gasteiger partial charge in [0.15, 0.2) is 11.2 Å². The molecule has 0 spiro atoms. The van der Waals surface area contributed by atoms with Gasteiger partial charge >= 0.3 is 0 Å². The molecule has 0 radical (unpaired) electrons. The van der Waals surface area contributed by atoms with Gasteiger partial charge in [0.25, 0.3) is 0 Å². The Morgan fingerprint density at radius 2 is 0.685 bits per heavy atom. The largest absolute Gasteiger partial charge is 0.454 e. The molecule has 2 aliphatic carbocycles. The lowest BCUT2D eigenvalue weighted by Gasteiger charge is -2.29. The quantitative estimate of drug-likeness (QED) is 0.152. The van der Waals surface area contributed by atoms with Crippen molar-refractivity contribution >= 4 is 131 Å². The molecule has 2 fully saturated rings. The first kappa shape index (κ1) is 42.8. The first-order valence-corrected chi connectivity index (χ1v) is 27.4. The predicted octanol–water partition coefficient (Wildman–Crippen LogP) is 21.2. The molecule has 5 heteroatoms. The highest BCUT2D eigenvalue weighted by Gasteiger charge is 2.27. The number of anilines is 6. The molecule has 10 aromatic carbocycles. The van der Waals surface area contributed by atoms with Crippen LogP contribution in [0.4, 0.5) is 34.1 Å². The summed E-state index contributed by atoms with van der Waals surface area (Å²) >= 11 is 1.92. The summed E-state index contributed by atoms with van der Waals surface area (Å²) in [5.74, 6) is 1.23. The van der Waals surface area contributed by atoms with Gasteiger partial charge in [-0.1, -0.05) is 172 Å². The minimum Gasteiger partial charge on any atom is -0.454 e. The molecule has 3 heterocycles. The van der Waals surface area contributed by atoms with E-state index < -0.39 is 0 Å². The summed E-state index contributed by atoms with van der Waals surface area (Å²) in [6, 6.07) is 72.2. The first-order chi connectivity index (χ1) is 36.2. The maximum Gasteiger partial charge on any atom is 0.159 e. The lowest BCUT2D eigenvalue weighted by atomic mass is 9.84. The van der Waals surface area contributed by atoms with E-state index in [1.165, 1.54) is 117 Å². The summed E-state index contributed by atoms with van der Waals surface area (Å²) in [5, 5.41) is 11.8. The van der Waals surface area contributed by atoms with Crippen molar-refractivity contribution in [2.75, 3.05) is 9.80 Å². The van der Waals surface area contributed by atoms with Crippen molar-refractivity contribution in [2.24, 2.45) is 0 Å². The van der Waals surface area contributed by atoms with Crippen LogP contribution < -0.4 is 9.80 Å². The second-order valence-corrected chi connectivity index (χ2v) is 21.8. The van der Waals surface area contributed by atoms with E-state index in [9.17, 15) is 0 Å². The van der Waals surface area contributed by atoms with Gasteiger partial charge in [-0.3, -0.25) is 0 Å². The topological polar surface area (TPSA) is 32.8 Å². The van der Waals surface area contributed by atoms with Crippen LogP contribution in [0, 0.1) is 0 Å². The fraction of sp³-hybridized carbons (Fsp3) is 0.176. The monoisotopic (exact) mass is 962 g/mol. The maximum absolute atomic E-state index is 6.89. The molecule has 15 rings (SSSR count). The highest BCUT2D eigenvalue weighted by atomic mass is 32.1. The second kappa shape index (κ2) is 17.4. The van der Waals surface area contributed by atoms with E-state index in [-0.39, 0.29) is 0 Å². The van der Waals surface area contributed by atoms with Crippen LogP contribution in [0.15, 0.2) is 203 Å². The zero-order chi connectivity index (χ0) is 48.0. The average molecular weight is 963 g/mol. The van der Waals surface area contributed by atoms with Crippen molar-refractivity contribution in [1.82, 2.24) is 0 Å². The summed E-state index contributed by atoms with van der Waals surface area (Å²) < 4.78 is 16.4. The normalized spacial score (nSPS) is 15.0. The number of hydrogen-bond acceptors (Lipinski definition) is 5. The van der Waals surface area contributed by atoms with Crippen molar-refractivity contribution in [3.8, 4) is 0 Å². The Hall–Kier alpha value is -7.86. The van der Waals surface area contributed by atoms with Crippen LogP contribution in [-0.4, -0.2) is 0 Å². The molecule has 0 atom stereocenters. The number of furan rings is 2. The predicted molar refractivity (Wildman–Crippen MR) is 310 cm³/mol. The van der Waals surface area contributed by atoms with Crippen molar-refractivity contribution in [2.45, 2.75) is 76.0 Å². The summed E-state index contributed by atoms with van der Waals surface area (Å²) in [6.45, 7) is 0. The van der Waals surface area contributed by atoms with E-state index in [4.69, 9.17) is 8.83 Å². The third-order valence-corrected chi connectivity index (χ3v) is 17.9. The zero-order valence-electron chi connectivity index (χ0n) is 40.8. The minimum atomic E-state index is 0.613. The highest BCUT2D eigenvalue weighted by molar-refractivity contribution is 7.27. The first-order valence-electron chi connectivity index (χ1n) is 26.6. The fourth-order valence-corrected chi connectivity index (χ4v) is 14.4. The van der Waals surface area contributed by atoms with E-state index >= 15 is 0 Å². The number of thiophene rings is 1. The van der Waals surface area contributed by atoms with Gasteiger partial charge in [-0.25, -0.2) is 0 Å². The SMILES string of the molecule is c1ccc2c(c1)oc1c(N(c3ccc(C4CCCCC4)cc3)c3cc4c5cc(N(c6ccc(C7CCCCC7)cc6)c6cccc7c6oc6ccccc67)c6ccccc6c5sc4c4ccccc34)cccc12. The molecule has 354 valence electrons. The molecule has 0 amide bonds. The zero-order valence-corrected chi connectivity index (χ0v) is 41.6. The van der Waals surface area contributed by atoms with Gasteiger partial charge < -0.3 is 18.6 Å². The maximum atomic E-state index is 6.89. The van der Waals surface area contributed by atoms with Crippen LogP contribution in [-0.2, 0) is 0 Å². The molecule has 0 N–H and O–H groups in total. The Kier molecular flexibility index (Phi) is 10.2. The molecule has 2 aliphatic rings. The third kappa shape index (κ3) is 7.00. The number of rotatable bonds is 8. The van der Waals surface area contributed by atoms with Crippen molar-refractivity contribution in [1.29, 1.82) is 0 Å². The lowest BCUT2D eigenvalue weighted by molar-refractivity contribution is 0.443. The number of nitrogens with zero attached hydrogens (tertiary/aromatic N) is 2. The van der Waals surface area contributed by atoms with Gasteiger partial charge in [0.2, 0.25) is 0 Å². The molecular weight excluding hydrogens is 909 g/mol. The number of benzene rings is 10. The molecule has 4 nitrogen and oxygen atoms in total. The fourth-order valence-electron chi connectivity index (χ4n) is 13.0. The minimum absolute atomic E-state index is 0.613. The molecular formula is C68H54N2O2S. The number of hydrogen-bond donors (Lipinski definition) is 0. The van der Waals surface area contributed by atoms with Crippen LogP contribution in [0.1, 0.15) is 87.2 Å². The molecule has 2 saturated carbocycles. The molecule has 73 heavy (non-hydrogen) atoms. The van der Waals surface area contributed by atoms with Crippen LogP contribution in [0.25, 0.3) is 85.6 Å². The Labute approximate surface area is 428 Å². The van der Waals surface area contributed by atoms with Gasteiger partial charge in [0.1, 0.15) is 11.2 Å². The van der Waals surface area contributed by atoms with E-state index in [2.05, 4.69) is 204 Å². The average Bonchev–Trinajstić information content (AvgIpc) is 4.18. The van der Waals surface area contributed by atoms with E-state index in [1.54, 1.807) is 0 Å². The summed E-state index contributed by atoms with van der Waals surface area (Å²) in [5.41, 5.74) is 13.0. The van der Waals surface area contributed by atoms with Gasteiger partial charge in [0.05, 0.1) is 22.7 Å². The number of para-hydroxylation sites is 4. The number of fused-ring (bicyclic) bond motifs is 13. The van der Waals surface area contributed by atoms with E-state index in [0.29, 0.717) is 11.8 Å². The Balaban J connectivity index is 0.996. The van der Waals surface area contributed by atoms with E-state index in [0.717, 1.165) is 78.0 Å². The summed E-state index contributed by atoms with van der Waals surface area (Å²) in [7, 11) is 0. The van der Waals surface area contributed by atoms with Gasteiger partial charge in [-0.15, -0.1) is 11.3 Å². The molecule has 13 aromatic rings. The Morgan fingerprint density at radius 1 is 0.315 bits per heavy atom. The van der Waals surface area contributed by atoms with Gasteiger partial charge in [0, 0.05) is 74.6 Å². The molecule has 3 aromatic heterocycles. The second-order valence-electron chi connectivity index (χ2n) is 20.8. The van der Waals surface area contributed by atoms with E-state index in [1.807, 2.05) is 11.3 Å². The van der Waals surface area contributed by atoms with Crippen LogP contribution >= 0.6 is 11.3 Å². The van der Waals surface area contributed by atoms with Crippen molar-refractivity contribution in [3.63, 3.8) is 0 Å². The van der Waals surface area contributed by atoms with Crippen LogP contribution in [0.3, 0.4) is 0 Å². The van der Waals surface area contributed by atoms with Gasteiger partial charge in [-0.05, 0) is 109 Å². The lowest BCUT2D eigenvalue weighted by Crippen LogP contribution is -2.12. The van der Waals surface area contributed by atoms with Crippen molar-refractivity contribution < 1.29 is 8.83 Å². The summed E-state index contributed by atoms with van der Waals surface area (Å²) in [6.07, 6.45) is 13.0. The Morgan fingerprint density at radius 3 is 1.11 bits per heavy atom. The molecule has 0 unspecified atom stereocenters. The van der Waals surface area contributed by atoms with Crippen LogP contribution in [0.5, 0.6) is 0 Å². The van der Waals surface area contributed by atoms with Gasteiger partial charge in [-0.2, -0.15) is 0 Å². The third-order valence-electron chi connectivity index (χ3n) is 16.6.